The van der Waals surface area contributed by atoms with Crippen LogP contribution in [0.5, 0.6) is 0 Å². The van der Waals surface area contributed by atoms with E-state index in [-0.39, 0.29) is 16.5 Å². The van der Waals surface area contributed by atoms with Gasteiger partial charge in [-0.2, -0.15) is 0 Å². The van der Waals surface area contributed by atoms with Crippen molar-refractivity contribution in [2.75, 3.05) is 6.54 Å². The number of hydrogen-bond acceptors (Lipinski definition) is 4. The standard InChI is InChI=1S/C16H20N2O4S/c1-11-6-2-4-8-13(11)17-15(19)10-18-16(20)12-7-3-5-9-14(12)23(18,21)22/h3,5,7,9,11,13H,2,4,6,8,10H2,1H3,(H,17,19)/t11-,13-/m0/s1. The molecular weight excluding hydrogens is 316 g/mol. The van der Waals surface area contributed by atoms with E-state index in [0.29, 0.717) is 10.2 Å². The molecule has 1 aliphatic heterocycles. The highest BCUT2D eigenvalue weighted by Gasteiger charge is 2.42. The Balaban J connectivity index is 1.73. The fraction of sp³-hybridized carbons (Fsp3) is 0.500. The van der Waals surface area contributed by atoms with Gasteiger partial charge in [0.2, 0.25) is 5.91 Å². The van der Waals surface area contributed by atoms with E-state index < -0.39 is 28.4 Å². The molecule has 0 radical (unpaired) electrons. The van der Waals surface area contributed by atoms with Crippen LogP contribution in [0.2, 0.25) is 0 Å². The SMILES string of the molecule is C[C@H]1CCCC[C@@H]1NC(=O)CN1C(=O)c2ccccc2S1(=O)=O. The maximum absolute atomic E-state index is 12.4. The molecule has 2 atom stereocenters. The van der Waals surface area contributed by atoms with Crippen LogP contribution in [0.25, 0.3) is 0 Å². The Hall–Kier alpha value is -1.89. The summed E-state index contributed by atoms with van der Waals surface area (Å²) in [5.41, 5.74) is 0.131. The van der Waals surface area contributed by atoms with Gasteiger partial charge < -0.3 is 5.32 Å². The van der Waals surface area contributed by atoms with Crippen molar-refractivity contribution in [2.45, 2.75) is 43.5 Å². The van der Waals surface area contributed by atoms with E-state index in [9.17, 15) is 18.0 Å². The monoisotopic (exact) mass is 336 g/mol. The summed E-state index contributed by atoms with van der Waals surface area (Å²) in [6, 6.07) is 6.09. The quantitative estimate of drug-likeness (QED) is 0.907. The van der Waals surface area contributed by atoms with Gasteiger partial charge in [0.15, 0.2) is 0 Å². The molecule has 124 valence electrons. The Labute approximate surface area is 135 Å². The Morgan fingerprint density at radius 3 is 2.65 bits per heavy atom. The molecule has 6 nitrogen and oxygen atoms in total. The number of fused-ring (bicyclic) bond motifs is 1. The first-order valence-corrected chi connectivity index (χ1v) is 9.30. The topological polar surface area (TPSA) is 83.6 Å². The zero-order valence-electron chi connectivity index (χ0n) is 13.0. The molecule has 0 unspecified atom stereocenters. The molecule has 0 bridgehead atoms. The summed E-state index contributed by atoms with van der Waals surface area (Å²) in [5.74, 6) is -0.684. The molecule has 0 aromatic heterocycles. The molecule has 0 spiro atoms. The third kappa shape index (κ3) is 2.85. The predicted octanol–water partition coefficient (Wildman–Crippen LogP) is 1.53. The first-order chi connectivity index (χ1) is 10.9. The van der Waals surface area contributed by atoms with Crippen LogP contribution in [0.15, 0.2) is 29.2 Å². The smallest absolute Gasteiger partial charge is 0.269 e. The van der Waals surface area contributed by atoms with Crippen LogP contribution >= 0.6 is 0 Å². The number of nitrogens with zero attached hydrogens (tertiary/aromatic N) is 1. The second kappa shape index (κ2) is 5.96. The number of carbonyl (C=O) groups is 2. The van der Waals surface area contributed by atoms with Crippen LogP contribution in [0.3, 0.4) is 0 Å². The number of carbonyl (C=O) groups excluding carboxylic acids is 2. The maximum Gasteiger partial charge on any atom is 0.269 e. The third-order valence-electron chi connectivity index (χ3n) is 4.66. The summed E-state index contributed by atoms with van der Waals surface area (Å²) in [4.78, 5) is 24.5. The van der Waals surface area contributed by atoms with Gasteiger partial charge >= 0.3 is 0 Å². The second-order valence-electron chi connectivity index (χ2n) is 6.25. The number of hydrogen-bond donors (Lipinski definition) is 1. The van der Waals surface area contributed by atoms with E-state index in [2.05, 4.69) is 12.2 Å². The number of amides is 2. The number of nitrogens with one attached hydrogen (secondary N) is 1. The van der Waals surface area contributed by atoms with Gasteiger partial charge in [-0.1, -0.05) is 31.9 Å². The summed E-state index contributed by atoms with van der Waals surface area (Å²) in [5, 5.41) is 2.88. The van der Waals surface area contributed by atoms with Crippen molar-refractivity contribution in [3.8, 4) is 0 Å². The highest BCUT2D eigenvalue weighted by molar-refractivity contribution is 7.90. The van der Waals surface area contributed by atoms with Gasteiger partial charge in [0, 0.05) is 6.04 Å². The lowest BCUT2D eigenvalue weighted by Crippen LogP contribution is -2.46. The lowest BCUT2D eigenvalue weighted by atomic mass is 9.86. The minimum absolute atomic E-state index is 0.0242. The molecule has 1 N–H and O–H groups in total. The molecular formula is C16H20N2O4S. The van der Waals surface area contributed by atoms with Gasteiger partial charge in [0.25, 0.3) is 15.9 Å². The Morgan fingerprint density at radius 1 is 1.26 bits per heavy atom. The first kappa shape index (κ1) is 16.0. The molecule has 2 amide bonds. The Morgan fingerprint density at radius 2 is 1.96 bits per heavy atom. The van der Waals surface area contributed by atoms with E-state index in [1.807, 2.05) is 0 Å². The normalized spacial score (nSPS) is 26.0. The van der Waals surface area contributed by atoms with Crippen molar-refractivity contribution in [3.05, 3.63) is 29.8 Å². The average molecular weight is 336 g/mol. The summed E-state index contributed by atoms with van der Waals surface area (Å²) in [6.07, 6.45) is 4.16. The van der Waals surface area contributed by atoms with E-state index in [1.54, 1.807) is 12.1 Å². The van der Waals surface area contributed by atoms with Gasteiger partial charge in [0.1, 0.15) is 11.4 Å². The average Bonchev–Trinajstić information content (AvgIpc) is 2.71. The van der Waals surface area contributed by atoms with Crippen molar-refractivity contribution in [1.82, 2.24) is 9.62 Å². The molecule has 23 heavy (non-hydrogen) atoms. The molecule has 1 saturated carbocycles. The highest BCUT2D eigenvalue weighted by Crippen LogP contribution is 2.29. The summed E-state index contributed by atoms with van der Waals surface area (Å²) in [7, 11) is -3.92. The molecule has 2 aliphatic rings. The van der Waals surface area contributed by atoms with Crippen LogP contribution < -0.4 is 5.32 Å². The molecule has 0 saturated heterocycles. The van der Waals surface area contributed by atoms with E-state index in [4.69, 9.17) is 0 Å². The first-order valence-electron chi connectivity index (χ1n) is 7.86. The van der Waals surface area contributed by atoms with Gasteiger partial charge in [-0.15, -0.1) is 0 Å². The van der Waals surface area contributed by atoms with Crippen molar-refractivity contribution >= 4 is 21.8 Å². The summed E-state index contributed by atoms with van der Waals surface area (Å²) < 4.78 is 25.5. The van der Waals surface area contributed by atoms with Crippen LogP contribution in [-0.2, 0) is 14.8 Å². The maximum atomic E-state index is 12.4. The number of sulfonamides is 1. The molecule has 1 aromatic rings. The Bertz CT molecular complexity index is 744. The van der Waals surface area contributed by atoms with E-state index in [1.165, 1.54) is 12.1 Å². The van der Waals surface area contributed by atoms with Crippen LogP contribution in [-0.4, -0.2) is 37.1 Å². The number of benzene rings is 1. The van der Waals surface area contributed by atoms with Gasteiger partial charge in [-0.05, 0) is 30.9 Å². The zero-order valence-corrected chi connectivity index (χ0v) is 13.8. The Kier molecular flexibility index (Phi) is 4.14. The van der Waals surface area contributed by atoms with Crippen molar-refractivity contribution < 1.29 is 18.0 Å². The van der Waals surface area contributed by atoms with E-state index in [0.717, 1.165) is 25.7 Å². The van der Waals surface area contributed by atoms with Gasteiger partial charge in [0.05, 0.1) is 5.56 Å². The van der Waals surface area contributed by atoms with Crippen molar-refractivity contribution in [1.29, 1.82) is 0 Å². The molecule has 1 heterocycles. The fourth-order valence-corrected chi connectivity index (χ4v) is 4.83. The van der Waals surface area contributed by atoms with E-state index >= 15 is 0 Å². The minimum atomic E-state index is -3.92. The molecule has 1 aromatic carbocycles. The van der Waals surface area contributed by atoms with Crippen molar-refractivity contribution in [3.63, 3.8) is 0 Å². The zero-order chi connectivity index (χ0) is 16.6. The fourth-order valence-electron chi connectivity index (χ4n) is 3.30. The third-order valence-corrected chi connectivity index (χ3v) is 6.44. The van der Waals surface area contributed by atoms with Gasteiger partial charge in [-0.25, -0.2) is 12.7 Å². The van der Waals surface area contributed by atoms with Crippen molar-refractivity contribution in [2.24, 2.45) is 5.92 Å². The summed E-state index contributed by atoms with van der Waals surface area (Å²) >= 11 is 0. The summed E-state index contributed by atoms with van der Waals surface area (Å²) in [6.45, 7) is 1.62. The van der Waals surface area contributed by atoms with Crippen LogP contribution in [0.1, 0.15) is 43.0 Å². The molecule has 7 heteroatoms. The lowest BCUT2D eigenvalue weighted by molar-refractivity contribution is -0.122. The van der Waals surface area contributed by atoms with Gasteiger partial charge in [-0.3, -0.25) is 9.59 Å². The molecule has 1 fully saturated rings. The number of rotatable bonds is 3. The molecule has 3 rings (SSSR count). The highest BCUT2D eigenvalue weighted by atomic mass is 32.2. The largest absolute Gasteiger partial charge is 0.352 e. The minimum Gasteiger partial charge on any atom is -0.352 e. The lowest BCUT2D eigenvalue weighted by Gasteiger charge is -2.30. The van der Waals surface area contributed by atoms with Crippen LogP contribution in [0, 0.1) is 5.92 Å². The van der Waals surface area contributed by atoms with Crippen LogP contribution in [0.4, 0.5) is 0 Å². The predicted molar refractivity (Wildman–Crippen MR) is 84.2 cm³/mol. The molecule has 1 aliphatic carbocycles. The second-order valence-corrected chi connectivity index (χ2v) is 8.08.